The molecule has 0 spiro atoms. The van der Waals surface area contributed by atoms with Gasteiger partial charge in [-0.25, -0.2) is 0 Å². The fourth-order valence-electron chi connectivity index (χ4n) is 2.44. The maximum absolute atomic E-state index is 5.12. The zero-order valence-corrected chi connectivity index (χ0v) is 11.2. The van der Waals surface area contributed by atoms with Gasteiger partial charge in [-0.3, -0.25) is 0 Å². The molecule has 0 aromatic carbocycles. The van der Waals surface area contributed by atoms with E-state index in [0.29, 0.717) is 6.04 Å². The van der Waals surface area contributed by atoms with Crippen LogP contribution in [0.5, 0.6) is 0 Å². The minimum Gasteiger partial charge on any atom is -0.383 e. The third-order valence-electron chi connectivity index (χ3n) is 3.67. The molecule has 3 heteroatoms. The van der Waals surface area contributed by atoms with Crippen LogP contribution in [0.15, 0.2) is 0 Å². The van der Waals surface area contributed by atoms with E-state index in [9.17, 15) is 0 Å². The van der Waals surface area contributed by atoms with Crippen molar-refractivity contribution in [1.82, 2.24) is 10.2 Å². The van der Waals surface area contributed by atoms with Crippen molar-refractivity contribution in [3.05, 3.63) is 0 Å². The van der Waals surface area contributed by atoms with Crippen molar-refractivity contribution < 1.29 is 4.74 Å². The molecule has 1 unspecified atom stereocenters. The van der Waals surface area contributed by atoms with Crippen LogP contribution in [0.25, 0.3) is 0 Å². The number of hydrogen-bond donors (Lipinski definition) is 1. The molecule has 1 aliphatic rings. The molecule has 0 aliphatic carbocycles. The van der Waals surface area contributed by atoms with Crippen molar-refractivity contribution in [1.29, 1.82) is 0 Å². The van der Waals surface area contributed by atoms with Gasteiger partial charge in [0.15, 0.2) is 0 Å². The lowest BCUT2D eigenvalue weighted by atomic mass is 9.90. The van der Waals surface area contributed by atoms with E-state index in [1.807, 2.05) is 0 Å². The Kier molecular flexibility index (Phi) is 7.01. The number of nitrogens with one attached hydrogen (secondary N) is 1. The molecule has 0 aromatic heterocycles. The summed E-state index contributed by atoms with van der Waals surface area (Å²) in [6.45, 7) is 10.2. The molecule has 16 heavy (non-hydrogen) atoms. The fraction of sp³-hybridized carbons (Fsp3) is 1.00. The SMILES string of the molecule is CCCNC(C)C1CCN(CCOC)CC1. The Bertz CT molecular complexity index is 167. The predicted molar refractivity (Wildman–Crippen MR) is 68.8 cm³/mol. The van der Waals surface area contributed by atoms with Crippen molar-refractivity contribution in [2.24, 2.45) is 5.92 Å². The van der Waals surface area contributed by atoms with Gasteiger partial charge in [-0.2, -0.15) is 0 Å². The molecule has 0 bridgehead atoms. The van der Waals surface area contributed by atoms with Crippen LogP contribution in [0.4, 0.5) is 0 Å². The minimum atomic E-state index is 0.685. The van der Waals surface area contributed by atoms with Crippen molar-refractivity contribution in [3.63, 3.8) is 0 Å². The lowest BCUT2D eigenvalue weighted by Gasteiger charge is -2.35. The van der Waals surface area contributed by atoms with E-state index in [-0.39, 0.29) is 0 Å². The summed E-state index contributed by atoms with van der Waals surface area (Å²) in [5, 5.41) is 3.62. The molecule has 1 fully saturated rings. The van der Waals surface area contributed by atoms with Crippen LogP contribution in [0, 0.1) is 5.92 Å². The van der Waals surface area contributed by atoms with Gasteiger partial charge < -0.3 is 15.0 Å². The Morgan fingerprint density at radius 1 is 1.38 bits per heavy atom. The van der Waals surface area contributed by atoms with Crippen molar-refractivity contribution in [2.45, 2.75) is 39.2 Å². The summed E-state index contributed by atoms with van der Waals surface area (Å²) < 4.78 is 5.12. The lowest BCUT2D eigenvalue weighted by Crippen LogP contribution is -2.43. The number of ether oxygens (including phenoxy) is 1. The quantitative estimate of drug-likeness (QED) is 0.718. The first-order chi connectivity index (χ1) is 7.77. The van der Waals surface area contributed by atoms with E-state index in [2.05, 4.69) is 24.1 Å². The summed E-state index contributed by atoms with van der Waals surface area (Å²) in [6, 6.07) is 0.685. The highest BCUT2D eigenvalue weighted by Crippen LogP contribution is 2.20. The highest BCUT2D eigenvalue weighted by molar-refractivity contribution is 4.79. The van der Waals surface area contributed by atoms with Gasteiger partial charge in [0, 0.05) is 19.7 Å². The Balaban J connectivity index is 2.15. The van der Waals surface area contributed by atoms with Gasteiger partial charge in [0.25, 0.3) is 0 Å². The zero-order valence-electron chi connectivity index (χ0n) is 11.2. The van der Waals surface area contributed by atoms with Gasteiger partial charge in [0.2, 0.25) is 0 Å². The van der Waals surface area contributed by atoms with Crippen molar-refractivity contribution >= 4 is 0 Å². The van der Waals surface area contributed by atoms with Crippen LogP contribution < -0.4 is 5.32 Å². The Hall–Kier alpha value is -0.120. The first-order valence-corrected chi connectivity index (χ1v) is 6.72. The van der Waals surface area contributed by atoms with Gasteiger partial charge in [-0.1, -0.05) is 6.92 Å². The van der Waals surface area contributed by atoms with Gasteiger partial charge in [-0.05, 0) is 51.7 Å². The Morgan fingerprint density at radius 2 is 2.06 bits per heavy atom. The maximum atomic E-state index is 5.12. The minimum absolute atomic E-state index is 0.685. The van der Waals surface area contributed by atoms with Gasteiger partial charge in [0.05, 0.1) is 6.61 Å². The van der Waals surface area contributed by atoms with E-state index >= 15 is 0 Å². The molecule has 1 saturated heterocycles. The molecule has 1 aliphatic heterocycles. The second-order valence-electron chi connectivity index (χ2n) is 4.91. The monoisotopic (exact) mass is 228 g/mol. The fourth-order valence-corrected chi connectivity index (χ4v) is 2.44. The summed E-state index contributed by atoms with van der Waals surface area (Å²) in [4.78, 5) is 2.52. The van der Waals surface area contributed by atoms with Crippen LogP contribution in [-0.2, 0) is 4.74 Å². The standard InChI is InChI=1S/C13H28N2O/c1-4-7-14-12(2)13-5-8-15(9-6-13)10-11-16-3/h12-14H,4-11H2,1-3H3. The first-order valence-electron chi connectivity index (χ1n) is 6.72. The molecule has 1 rings (SSSR count). The second-order valence-corrected chi connectivity index (χ2v) is 4.91. The van der Waals surface area contributed by atoms with E-state index < -0.39 is 0 Å². The number of rotatable bonds is 7. The first kappa shape index (κ1) is 13.9. The topological polar surface area (TPSA) is 24.5 Å². The molecule has 0 aromatic rings. The molecule has 1 atom stereocenters. The van der Waals surface area contributed by atoms with Crippen LogP contribution in [0.1, 0.15) is 33.1 Å². The summed E-state index contributed by atoms with van der Waals surface area (Å²) in [7, 11) is 1.78. The van der Waals surface area contributed by atoms with Crippen molar-refractivity contribution in [3.8, 4) is 0 Å². The maximum Gasteiger partial charge on any atom is 0.0589 e. The highest BCUT2D eigenvalue weighted by Gasteiger charge is 2.22. The third-order valence-corrected chi connectivity index (χ3v) is 3.67. The number of piperidine rings is 1. The molecule has 1 heterocycles. The number of nitrogens with zero attached hydrogens (tertiary/aromatic N) is 1. The average molecular weight is 228 g/mol. The average Bonchev–Trinajstić information content (AvgIpc) is 2.34. The summed E-state index contributed by atoms with van der Waals surface area (Å²) in [6.07, 6.45) is 3.90. The third kappa shape index (κ3) is 4.81. The second kappa shape index (κ2) is 8.04. The largest absolute Gasteiger partial charge is 0.383 e. The summed E-state index contributed by atoms with van der Waals surface area (Å²) >= 11 is 0. The van der Waals surface area contributed by atoms with E-state index in [1.54, 1.807) is 7.11 Å². The summed E-state index contributed by atoms with van der Waals surface area (Å²) in [5.74, 6) is 0.866. The number of methoxy groups -OCH3 is 1. The number of hydrogen-bond acceptors (Lipinski definition) is 3. The van der Waals surface area contributed by atoms with Crippen LogP contribution >= 0.6 is 0 Å². The van der Waals surface area contributed by atoms with Gasteiger partial charge >= 0.3 is 0 Å². The molecule has 0 saturated carbocycles. The van der Waals surface area contributed by atoms with E-state index in [1.165, 1.54) is 32.4 Å². The van der Waals surface area contributed by atoms with Crippen LogP contribution in [0.2, 0.25) is 0 Å². The molecule has 96 valence electrons. The van der Waals surface area contributed by atoms with Crippen LogP contribution in [-0.4, -0.2) is 50.8 Å². The van der Waals surface area contributed by atoms with Gasteiger partial charge in [0.1, 0.15) is 0 Å². The lowest BCUT2D eigenvalue weighted by molar-refractivity contribution is 0.112. The highest BCUT2D eigenvalue weighted by atomic mass is 16.5. The molecule has 0 radical (unpaired) electrons. The Labute approximate surface area is 101 Å². The predicted octanol–water partition coefficient (Wildman–Crippen LogP) is 1.73. The molecular formula is C13H28N2O. The summed E-state index contributed by atoms with van der Waals surface area (Å²) in [5.41, 5.74) is 0. The van der Waals surface area contributed by atoms with Gasteiger partial charge in [-0.15, -0.1) is 0 Å². The number of likely N-dealkylation sites (tertiary alicyclic amines) is 1. The molecule has 0 amide bonds. The molecule has 1 N–H and O–H groups in total. The zero-order chi connectivity index (χ0) is 11.8. The molecular weight excluding hydrogens is 200 g/mol. The van der Waals surface area contributed by atoms with E-state index in [4.69, 9.17) is 4.74 Å². The van der Waals surface area contributed by atoms with Crippen molar-refractivity contribution in [2.75, 3.05) is 39.9 Å². The smallest absolute Gasteiger partial charge is 0.0589 e. The normalized spacial score (nSPS) is 21.2. The van der Waals surface area contributed by atoms with E-state index in [0.717, 1.165) is 25.6 Å². The molecule has 3 nitrogen and oxygen atoms in total. The van der Waals surface area contributed by atoms with Crippen LogP contribution in [0.3, 0.4) is 0 Å². The Morgan fingerprint density at radius 3 is 2.62 bits per heavy atom.